The van der Waals surface area contributed by atoms with Crippen molar-refractivity contribution in [1.29, 1.82) is 0 Å². The Morgan fingerprint density at radius 2 is 1.85 bits per heavy atom. The number of hydrogen-bond acceptors (Lipinski definition) is 4. The Bertz CT molecular complexity index is 907. The lowest BCUT2D eigenvalue weighted by molar-refractivity contribution is -0.118. The van der Waals surface area contributed by atoms with Crippen molar-refractivity contribution in [3.8, 4) is 17.1 Å². The van der Waals surface area contributed by atoms with Gasteiger partial charge >= 0.3 is 0 Å². The fourth-order valence-corrected chi connectivity index (χ4v) is 3.48. The number of nitrogens with one attached hydrogen (secondary N) is 1. The number of aromatic nitrogens is 3. The van der Waals surface area contributed by atoms with E-state index in [1.165, 1.54) is 11.8 Å². The van der Waals surface area contributed by atoms with Gasteiger partial charge in [-0.15, -0.1) is 10.2 Å². The number of amides is 1. The van der Waals surface area contributed by atoms with Crippen LogP contribution in [0.25, 0.3) is 17.1 Å². The maximum absolute atomic E-state index is 12.0. The summed E-state index contributed by atoms with van der Waals surface area (Å²) in [6.45, 7) is 0. The van der Waals surface area contributed by atoms with Crippen LogP contribution in [0.3, 0.4) is 0 Å². The minimum atomic E-state index is 0.0353. The number of para-hydroxylation sites is 1. The molecule has 1 heterocycles. The number of benzene rings is 2. The van der Waals surface area contributed by atoms with E-state index in [4.69, 9.17) is 11.6 Å². The molecule has 1 aliphatic carbocycles. The van der Waals surface area contributed by atoms with Crippen LogP contribution in [-0.2, 0) is 4.79 Å². The summed E-state index contributed by atoms with van der Waals surface area (Å²) in [6, 6.07) is 17.7. The Hall–Kier alpha value is -2.31. The monoisotopic (exact) mass is 384 g/mol. The maximum Gasteiger partial charge on any atom is 0.230 e. The van der Waals surface area contributed by atoms with Gasteiger partial charge in [0.1, 0.15) is 0 Å². The van der Waals surface area contributed by atoms with Crippen molar-refractivity contribution in [2.75, 3.05) is 5.75 Å². The van der Waals surface area contributed by atoms with Crippen molar-refractivity contribution in [2.45, 2.75) is 24.0 Å². The highest BCUT2D eigenvalue weighted by atomic mass is 35.5. The van der Waals surface area contributed by atoms with E-state index in [9.17, 15) is 4.79 Å². The predicted octanol–water partition coefficient (Wildman–Crippen LogP) is 3.96. The van der Waals surface area contributed by atoms with Crippen molar-refractivity contribution in [1.82, 2.24) is 20.1 Å². The molecular formula is C19H17ClN4OS. The smallest absolute Gasteiger partial charge is 0.230 e. The summed E-state index contributed by atoms with van der Waals surface area (Å²) in [5.74, 6) is 1.08. The van der Waals surface area contributed by atoms with Gasteiger partial charge in [-0.2, -0.15) is 0 Å². The predicted molar refractivity (Wildman–Crippen MR) is 104 cm³/mol. The number of carbonyl (C=O) groups excluding carboxylic acids is 1. The lowest BCUT2D eigenvalue weighted by Gasteiger charge is -2.10. The van der Waals surface area contributed by atoms with E-state index in [2.05, 4.69) is 15.5 Å². The Balaban J connectivity index is 1.65. The molecule has 1 aromatic heterocycles. The van der Waals surface area contributed by atoms with Crippen LogP contribution in [0.2, 0.25) is 5.02 Å². The molecule has 4 rings (SSSR count). The quantitative estimate of drug-likeness (QED) is 0.653. The van der Waals surface area contributed by atoms with Crippen molar-refractivity contribution >= 4 is 29.3 Å². The largest absolute Gasteiger partial charge is 0.353 e. The third-order valence-electron chi connectivity index (χ3n) is 4.02. The average molecular weight is 385 g/mol. The molecule has 1 aliphatic rings. The highest BCUT2D eigenvalue weighted by molar-refractivity contribution is 7.99. The van der Waals surface area contributed by atoms with Gasteiger partial charge in [-0.1, -0.05) is 41.6 Å². The topological polar surface area (TPSA) is 59.8 Å². The van der Waals surface area contributed by atoms with Crippen LogP contribution in [-0.4, -0.2) is 32.5 Å². The molecule has 0 spiro atoms. The molecule has 0 radical (unpaired) electrons. The third kappa shape index (κ3) is 3.92. The van der Waals surface area contributed by atoms with Gasteiger partial charge in [-0.3, -0.25) is 9.36 Å². The molecule has 7 heteroatoms. The summed E-state index contributed by atoms with van der Waals surface area (Å²) in [4.78, 5) is 12.0. The van der Waals surface area contributed by atoms with Gasteiger partial charge in [-0.25, -0.2) is 0 Å². The van der Waals surface area contributed by atoms with Crippen LogP contribution in [0.5, 0.6) is 0 Å². The van der Waals surface area contributed by atoms with Crippen molar-refractivity contribution in [2.24, 2.45) is 0 Å². The van der Waals surface area contributed by atoms with E-state index in [1.54, 1.807) is 0 Å². The molecule has 26 heavy (non-hydrogen) atoms. The van der Waals surface area contributed by atoms with Crippen LogP contribution in [0.4, 0.5) is 0 Å². The normalized spacial score (nSPS) is 13.6. The summed E-state index contributed by atoms with van der Waals surface area (Å²) >= 11 is 7.39. The number of halogens is 1. The minimum Gasteiger partial charge on any atom is -0.353 e. The Morgan fingerprint density at radius 3 is 2.54 bits per heavy atom. The van der Waals surface area contributed by atoms with Crippen LogP contribution >= 0.6 is 23.4 Å². The molecule has 1 amide bonds. The molecule has 1 saturated carbocycles. The number of nitrogens with zero attached hydrogens (tertiary/aromatic N) is 3. The summed E-state index contributed by atoms with van der Waals surface area (Å²) in [5.41, 5.74) is 1.87. The maximum atomic E-state index is 12.0. The van der Waals surface area contributed by atoms with Gasteiger partial charge in [0.25, 0.3) is 0 Å². The molecule has 0 bridgehead atoms. The standard InChI is InChI=1S/C19H17ClN4OS/c20-14-8-6-13(7-9-14)18-22-23-19(24(18)16-4-2-1-3-5-16)26-12-17(25)21-15-10-11-15/h1-9,15H,10-12H2,(H,21,25). The fourth-order valence-electron chi connectivity index (χ4n) is 2.59. The number of thioether (sulfide) groups is 1. The summed E-state index contributed by atoms with van der Waals surface area (Å²) in [6.07, 6.45) is 2.16. The van der Waals surface area contributed by atoms with Gasteiger partial charge in [0, 0.05) is 22.3 Å². The third-order valence-corrected chi connectivity index (χ3v) is 5.21. The molecule has 5 nitrogen and oxygen atoms in total. The summed E-state index contributed by atoms with van der Waals surface area (Å²) in [5, 5.41) is 13.0. The van der Waals surface area contributed by atoms with E-state index >= 15 is 0 Å². The first-order chi connectivity index (χ1) is 12.7. The van der Waals surface area contributed by atoms with E-state index in [0.717, 1.165) is 29.9 Å². The van der Waals surface area contributed by atoms with Crippen LogP contribution in [0.1, 0.15) is 12.8 Å². The highest BCUT2D eigenvalue weighted by Gasteiger charge is 2.24. The molecule has 132 valence electrons. The van der Waals surface area contributed by atoms with Gasteiger partial charge in [0.2, 0.25) is 5.91 Å². The van der Waals surface area contributed by atoms with Gasteiger partial charge in [-0.05, 0) is 49.2 Å². The minimum absolute atomic E-state index is 0.0353. The van der Waals surface area contributed by atoms with Crippen LogP contribution < -0.4 is 5.32 Å². The van der Waals surface area contributed by atoms with Crippen molar-refractivity contribution < 1.29 is 4.79 Å². The molecule has 0 saturated heterocycles. The summed E-state index contributed by atoms with van der Waals surface area (Å²) in [7, 11) is 0. The number of carbonyl (C=O) groups is 1. The van der Waals surface area contributed by atoms with Crippen molar-refractivity contribution in [3.63, 3.8) is 0 Å². The van der Waals surface area contributed by atoms with Crippen LogP contribution in [0, 0.1) is 0 Å². The molecular weight excluding hydrogens is 368 g/mol. The lowest BCUT2D eigenvalue weighted by Crippen LogP contribution is -2.27. The zero-order valence-corrected chi connectivity index (χ0v) is 15.5. The second-order valence-corrected chi connectivity index (χ2v) is 7.49. The lowest BCUT2D eigenvalue weighted by atomic mass is 10.2. The molecule has 1 N–H and O–H groups in total. The van der Waals surface area contributed by atoms with E-state index in [0.29, 0.717) is 22.0 Å². The molecule has 2 aromatic carbocycles. The first-order valence-electron chi connectivity index (χ1n) is 8.39. The molecule has 0 unspecified atom stereocenters. The van der Waals surface area contributed by atoms with Gasteiger partial charge in [0.15, 0.2) is 11.0 Å². The van der Waals surface area contributed by atoms with Crippen molar-refractivity contribution in [3.05, 3.63) is 59.6 Å². The zero-order valence-electron chi connectivity index (χ0n) is 13.9. The fraction of sp³-hybridized carbons (Fsp3) is 0.211. The highest BCUT2D eigenvalue weighted by Crippen LogP contribution is 2.28. The van der Waals surface area contributed by atoms with Crippen LogP contribution in [0.15, 0.2) is 59.8 Å². The first kappa shape index (κ1) is 17.1. The average Bonchev–Trinajstić information content (AvgIpc) is 3.37. The van der Waals surface area contributed by atoms with E-state index in [-0.39, 0.29) is 5.91 Å². The Kier molecular flexibility index (Phi) is 4.95. The van der Waals surface area contributed by atoms with E-state index < -0.39 is 0 Å². The first-order valence-corrected chi connectivity index (χ1v) is 9.76. The van der Waals surface area contributed by atoms with Gasteiger partial charge < -0.3 is 5.32 Å². The zero-order chi connectivity index (χ0) is 17.9. The Labute approximate surface area is 160 Å². The number of hydrogen-bond donors (Lipinski definition) is 1. The molecule has 3 aromatic rings. The molecule has 1 fully saturated rings. The SMILES string of the molecule is O=C(CSc1nnc(-c2ccc(Cl)cc2)n1-c1ccccc1)NC1CC1. The summed E-state index contributed by atoms with van der Waals surface area (Å²) < 4.78 is 1.97. The second kappa shape index (κ2) is 7.51. The van der Waals surface area contributed by atoms with E-state index in [1.807, 2.05) is 59.2 Å². The molecule has 0 aliphatic heterocycles. The van der Waals surface area contributed by atoms with Gasteiger partial charge in [0.05, 0.1) is 5.75 Å². The molecule has 0 atom stereocenters. The number of rotatable bonds is 6. The Morgan fingerprint density at radius 1 is 1.12 bits per heavy atom. The second-order valence-electron chi connectivity index (χ2n) is 6.11.